The van der Waals surface area contributed by atoms with Gasteiger partial charge >= 0.3 is 0 Å². The third-order valence-electron chi connectivity index (χ3n) is 4.62. The topological polar surface area (TPSA) is 59.0 Å². The molecule has 1 saturated carbocycles. The zero-order valence-electron chi connectivity index (χ0n) is 12.4. The quantitative estimate of drug-likeness (QED) is 0.882. The number of rotatable bonds is 4. The van der Waals surface area contributed by atoms with Gasteiger partial charge in [-0.05, 0) is 43.7 Å². The second-order valence-electron chi connectivity index (χ2n) is 6.66. The van der Waals surface area contributed by atoms with Gasteiger partial charge in [0.2, 0.25) is 11.9 Å². The van der Waals surface area contributed by atoms with E-state index >= 15 is 0 Å². The smallest absolute Gasteiger partial charge is 0.230 e. The van der Waals surface area contributed by atoms with Gasteiger partial charge in [-0.2, -0.15) is 0 Å². The second-order valence-corrected chi connectivity index (χ2v) is 6.66. The summed E-state index contributed by atoms with van der Waals surface area (Å²) in [7, 11) is 0. The highest BCUT2D eigenvalue weighted by molar-refractivity contribution is 5.93. The van der Waals surface area contributed by atoms with Crippen molar-refractivity contribution in [2.24, 2.45) is 17.3 Å². The lowest BCUT2D eigenvalue weighted by atomic mass is 9.92. The van der Waals surface area contributed by atoms with Gasteiger partial charge in [0.1, 0.15) is 0 Å². The maximum atomic E-state index is 12.4. The van der Waals surface area contributed by atoms with E-state index in [2.05, 4.69) is 29.5 Å². The van der Waals surface area contributed by atoms with E-state index in [-0.39, 0.29) is 17.2 Å². The Morgan fingerprint density at radius 2 is 2.30 bits per heavy atom. The Morgan fingerprint density at radius 3 is 3.00 bits per heavy atom. The van der Waals surface area contributed by atoms with E-state index < -0.39 is 0 Å². The number of hydrogen-bond donors (Lipinski definition) is 2. The summed E-state index contributed by atoms with van der Waals surface area (Å²) < 4.78 is 2.03. The lowest BCUT2D eigenvalue weighted by Crippen LogP contribution is -2.32. The number of carbonyl (C=O) groups is 1. The van der Waals surface area contributed by atoms with Crippen LogP contribution in [-0.2, 0) is 11.3 Å². The Hall–Kier alpha value is -1.36. The van der Waals surface area contributed by atoms with Crippen molar-refractivity contribution in [3.05, 3.63) is 12.4 Å². The van der Waals surface area contributed by atoms with Crippen LogP contribution in [0.5, 0.6) is 0 Å². The van der Waals surface area contributed by atoms with Gasteiger partial charge in [0.25, 0.3) is 0 Å². The highest BCUT2D eigenvalue weighted by Crippen LogP contribution is 2.58. The maximum Gasteiger partial charge on any atom is 0.230 e. The Kier molecular flexibility index (Phi) is 3.54. The summed E-state index contributed by atoms with van der Waals surface area (Å²) in [5.41, 5.74) is 0.283. The number of aromatic nitrogens is 2. The maximum absolute atomic E-state index is 12.4. The zero-order valence-corrected chi connectivity index (χ0v) is 12.4. The number of amides is 1. The molecule has 0 aromatic carbocycles. The van der Waals surface area contributed by atoms with Crippen LogP contribution in [0, 0.1) is 17.3 Å². The van der Waals surface area contributed by atoms with Crippen LogP contribution in [0.15, 0.2) is 12.4 Å². The number of nitrogens with one attached hydrogen (secondary N) is 2. The molecule has 3 rings (SSSR count). The minimum atomic E-state index is 0.156. The molecule has 1 amide bonds. The Bertz CT molecular complexity index is 488. The number of imidazole rings is 1. The van der Waals surface area contributed by atoms with E-state index in [1.807, 2.05) is 10.8 Å². The molecule has 5 heteroatoms. The lowest BCUT2D eigenvalue weighted by Gasteiger charge is -2.23. The average molecular weight is 276 g/mol. The molecule has 0 radical (unpaired) electrons. The van der Waals surface area contributed by atoms with Gasteiger partial charge in [0.05, 0.1) is 0 Å². The third-order valence-corrected chi connectivity index (χ3v) is 4.62. The summed E-state index contributed by atoms with van der Waals surface area (Å²) >= 11 is 0. The normalized spacial score (nSPS) is 24.1. The van der Waals surface area contributed by atoms with Gasteiger partial charge in [-0.3, -0.25) is 10.1 Å². The first-order valence-corrected chi connectivity index (χ1v) is 7.63. The highest BCUT2D eigenvalue weighted by atomic mass is 16.2. The molecule has 0 bridgehead atoms. The molecular weight excluding hydrogens is 252 g/mol. The molecular formula is C15H24N4O. The molecule has 5 nitrogen and oxygen atoms in total. The lowest BCUT2D eigenvalue weighted by molar-refractivity contribution is -0.118. The molecule has 1 aliphatic heterocycles. The third kappa shape index (κ3) is 2.59. The monoisotopic (exact) mass is 276 g/mol. The van der Waals surface area contributed by atoms with E-state index in [0.717, 1.165) is 38.9 Å². The van der Waals surface area contributed by atoms with E-state index in [0.29, 0.717) is 11.9 Å². The van der Waals surface area contributed by atoms with E-state index in [1.165, 1.54) is 0 Å². The van der Waals surface area contributed by atoms with Gasteiger partial charge in [-0.25, -0.2) is 4.98 Å². The molecule has 1 spiro atoms. The fourth-order valence-electron chi connectivity index (χ4n) is 3.37. The number of hydrogen-bond acceptors (Lipinski definition) is 3. The molecule has 2 N–H and O–H groups in total. The van der Waals surface area contributed by atoms with Gasteiger partial charge < -0.3 is 9.88 Å². The number of carbonyl (C=O) groups excluding carboxylic acids is 1. The molecule has 1 saturated heterocycles. The minimum absolute atomic E-state index is 0.156. The molecule has 20 heavy (non-hydrogen) atoms. The molecule has 2 aliphatic rings. The van der Waals surface area contributed by atoms with Crippen molar-refractivity contribution < 1.29 is 4.79 Å². The molecule has 110 valence electrons. The SMILES string of the molecule is CC(C)Cn1ccnc1NC(=O)C1CC12CCNCC2. The van der Waals surface area contributed by atoms with Crippen molar-refractivity contribution in [3.63, 3.8) is 0 Å². The summed E-state index contributed by atoms with van der Waals surface area (Å²) in [6.45, 7) is 7.31. The van der Waals surface area contributed by atoms with Crippen LogP contribution >= 0.6 is 0 Å². The van der Waals surface area contributed by atoms with Gasteiger partial charge in [-0.1, -0.05) is 13.8 Å². The van der Waals surface area contributed by atoms with Crippen molar-refractivity contribution in [2.75, 3.05) is 18.4 Å². The van der Waals surface area contributed by atoms with Crippen molar-refractivity contribution in [3.8, 4) is 0 Å². The van der Waals surface area contributed by atoms with Gasteiger partial charge in [-0.15, -0.1) is 0 Å². The van der Waals surface area contributed by atoms with Gasteiger partial charge in [0, 0.05) is 24.9 Å². The average Bonchev–Trinajstić information content (AvgIpc) is 2.93. The first kappa shape index (κ1) is 13.6. The number of anilines is 1. The van der Waals surface area contributed by atoms with Crippen LogP contribution in [0.25, 0.3) is 0 Å². The number of nitrogens with zero attached hydrogens (tertiary/aromatic N) is 2. The Balaban J connectivity index is 1.61. The van der Waals surface area contributed by atoms with Crippen molar-refractivity contribution in [1.82, 2.24) is 14.9 Å². The molecule has 2 heterocycles. The van der Waals surface area contributed by atoms with Crippen molar-refractivity contribution in [2.45, 2.75) is 39.7 Å². The minimum Gasteiger partial charge on any atom is -0.317 e. The first-order valence-electron chi connectivity index (χ1n) is 7.63. The van der Waals surface area contributed by atoms with Crippen LogP contribution < -0.4 is 10.6 Å². The van der Waals surface area contributed by atoms with Crippen LogP contribution in [0.4, 0.5) is 5.95 Å². The first-order chi connectivity index (χ1) is 9.61. The van der Waals surface area contributed by atoms with Crippen LogP contribution in [0.3, 0.4) is 0 Å². The molecule has 1 aromatic heterocycles. The summed E-state index contributed by atoms with van der Waals surface area (Å²) in [5.74, 6) is 1.58. The summed E-state index contributed by atoms with van der Waals surface area (Å²) in [5, 5.41) is 6.39. The van der Waals surface area contributed by atoms with Crippen LogP contribution in [0.2, 0.25) is 0 Å². The largest absolute Gasteiger partial charge is 0.317 e. The molecule has 2 fully saturated rings. The fourth-order valence-corrected chi connectivity index (χ4v) is 3.37. The van der Waals surface area contributed by atoms with Crippen molar-refractivity contribution >= 4 is 11.9 Å². The van der Waals surface area contributed by atoms with Crippen molar-refractivity contribution in [1.29, 1.82) is 0 Å². The van der Waals surface area contributed by atoms with E-state index in [4.69, 9.17) is 0 Å². The molecule has 1 unspecified atom stereocenters. The standard InChI is InChI=1S/C15H24N4O/c1-11(2)10-19-8-7-17-14(19)18-13(20)12-9-15(12)3-5-16-6-4-15/h7-8,11-12,16H,3-6,9-10H2,1-2H3,(H,17,18,20). The summed E-state index contributed by atoms with van der Waals surface area (Å²) in [4.78, 5) is 16.7. The Morgan fingerprint density at radius 1 is 1.55 bits per heavy atom. The predicted molar refractivity (Wildman–Crippen MR) is 78.3 cm³/mol. The molecule has 1 aromatic rings. The fraction of sp³-hybridized carbons (Fsp3) is 0.733. The summed E-state index contributed by atoms with van der Waals surface area (Å²) in [6, 6.07) is 0. The highest BCUT2D eigenvalue weighted by Gasteiger charge is 2.57. The van der Waals surface area contributed by atoms with E-state index in [9.17, 15) is 4.79 Å². The Labute approximate surface area is 120 Å². The molecule has 1 aliphatic carbocycles. The second kappa shape index (κ2) is 5.20. The van der Waals surface area contributed by atoms with Crippen LogP contribution in [0.1, 0.15) is 33.1 Å². The number of piperidine rings is 1. The van der Waals surface area contributed by atoms with Crippen LogP contribution in [-0.4, -0.2) is 28.5 Å². The predicted octanol–water partition coefficient (Wildman–Crippen LogP) is 1.87. The van der Waals surface area contributed by atoms with Gasteiger partial charge in [0.15, 0.2) is 0 Å². The zero-order chi connectivity index (χ0) is 14.2. The molecule has 1 atom stereocenters. The van der Waals surface area contributed by atoms with E-state index in [1.54, 1.807) is 6.20 Å². The summed E-state index contributed by atoms with van der Waals surface area (Å²) in [6.07, 6.45) is 7.00.